The van der Waals surface area contributed by atoms with Crippen molar-refractivity contribution in [2.24, 2.45) is 0 Å². The van der Waals surface area contributed by atoms with Gasteiger partial charge in [-0.1, -0.05) is 37.3 Å². The third-order valence-corrected chi connectivity index (χ3v) is 2.69. The summed E-state index contributed by atoms with van der Waals surface area (Å²) in [7, 11) is 1.97. The van der Waals surface area contributed by atoms with E-state index in [1.54, 1.807) is 0 Å². The number of nitrogens with one attached hydrogen (secondary N) is 1. The summed E-state index contributed by atoms with van der Waals surface area (Å²) in [5.74, 6) is 0. The highest BCUT2D eigenvalue weighted by Gasteiger charge is 2.03. The summed E-state index contributed by atoms with van der Waals surface area (Å²) in [5, 5.41) is 3.15. The molecule has 2 nitrogen and oxygen atoms in total. The van der Waals surface area contributed by atoms with Gasteiger partial charge in [-0.25, -0.2) is 0 Å². The van der Waals surface area contributed by atoms with E-state index in [2.05, 4.69) is 42.6 Å². The van der Waals surface area contributed by atoms with Gasteiger partial charge in [-0.15, -0.1) is 0 Å². The normalized spacial score (nSPS) is 12.6. The van der Waals surface area contributed by atoms with Crippen molar-refractivity contribution in [3.8, 4) is 0 Å². The number of benzene rings is 1. The predicted molar refractivity (Wildman–Crippen MR) is 68.7 cm³/mol. The Morgan fingerprint density at radius 2 is 2.00 bits per heavy atom. The van der Waals surface area contributed by atoms with Crippen LogP contribution in [0.25, 0.3) is 0 Å². The highest BCUT2D eigenvalue weighted by Crippen LogP contribution is 2.04. The van der Waals surface area contributed by atoms with E-state index in [0.717, 1.165) is 32.4 Å². The van der Waals surface area contributed by atoms with Gasteiger partial charge in [0.05, 0.1) is 6.10 Å². The third kappa shape index (κ3) is 5.29. The molecule has 0 aromatic heterocycles. The van der Waals surface area contributed by atoms with Crippen LogP contribution in [0.4, 0.5) is 0 Å². The van der Waals surface area contributed by atoms with Gasteiger partial charge in [0.1, 0.15) is 0 Å². The Hall–Kier alpha value is -0.860. The summed E-state index contributed by atoms with van der Waals surface area (Å²) in [4.78, 5) is 0. The number of ether oxygens (including phenoxy) is 1. The lowest BCUT2D eigenvalue weighted by Gasteiger charge is -2.15. The Bertz CT molecular complexity index is 261. The highest BCUT2D eigenvalue weighted by atomic mass is 16.5. The zero-order valence-corrected chi connectivity index (χ0v) is 10.4. The minimum Gasteiger partial charge on any atom is -0.377 e. The molecule has 1 rings (SSSR count). The molecule has 0 heterocycles. The van der Waals surface area contributed by atoms with Crippen molar-refractivity contribution < 1.29 is 4.74 Å². The number of hydrogen-bond acceptors (Lipinski definition) is 2. The molecule has 0 bridgehead atoms. The summed E-state index contributed by atoms with van der Waals surface area (Å²) >= 11 is 0. The van der Waals surface area contributed by atoms with E-state index in [-0.39, 0.29) is 0 Å². The third-order valence-electron chi connectivity index (χ3n) is 2.69. The highest BCUT2D eigenvalue weighted by molar-refractivity contribution is 5.14. The predicted octanol–water partition coefficient (Wildman–Crippen LogP) is 2.63. The van der Waals surface area contributed by atoms with Crippen molar-refractivity contribution in [1.82, 2.24) is 5.32 Å². The van der Waals surface area contributed by atoms with E-state index in [9.17, 15) is 0 Å². The van der Waals surface area contributed by atoms with Crippen LogP contribution in [0.5, 0.6) is 0 Å². The maximum Gasteiger partial charge on any atom is 0.0696 e. The summed E-state index contributed by atoms with van der Waals surface area (Å²) in [6, 6.07) is 10.6. The van der Waals surface area contributed by atoms with Gasteiger partial charge in [0, 0.05) is 13.2 Å². The Morgan fingerprint density at radius 1 is 1.25 bits per heavy atom. The van der Waals surface area contributed by atoms with E-state index >= 15 is 0 Å². The van der Waals surface area contributed by atoms with Crippen molar-refractivity contribution in [3.05, 3.63) is 35.9 Å². The molecule has 1 N–H and O–H groups in total. The van der Waals surface area contributed by atoms with E-state index in [1.807, 2.05) is 7.05 Å². The Balaban J connectivity index is 2.11. The molecule has 2 heteroatoms. The average molecular weight is 221 g/mol. The molecule has 1 aromatic carbocycles. The lowest BCUT2D eigenvalue weighted by atomic mass is 10.1. The monoisotopic (exact) mass is 221 g/mol. The topological polar surface area (TPSA) is 21.3 Å². The average Bonchev–Trinajstić information content (AvgIpc) is 2.34. The molecular weight excluding hydrogens is 198 g/mol. The molecule has 0 radical (unpaired) electrons. The van der Waals surface area contributed by atoms with Crippen molar-refractivity contribution in [2.45, 2.75) is 32.3 Å². The van der Waals surface area contributed by atoms with Gasteiger partial charge in [0.25, 0.3) is 0 Å². The van der Waals surface area contributed by atoms with Crippen LogP contribution in [0.3, 0.4) is 0 Å². The molecule has 1 unspecified atom stereocenters. The van der Waals surface area contributed by atoms with E-state index in [4.69, 9.17) is 4.74 Å². The zero-order valence-electron chi connectivity index (χ0n) is 10.4. The molecule has 0 saturated carbocycles. The lowest BCUT2D eigenvalue weighted by molar-refractivity contribution is 0.0506. The molecule has 0 amide bonds. The van der Waals surface area contributed by atoms with Crippen molar-refractivity contribution >= 4 is 0 Å². The molecule has 0 aliphatic rings. The first-order valence-corrected chi connectivity index (χ1v) is 6.17. The fourth-order valence-electron chi connectivity index (χ4n) is 1.72. The number of rotatable bonds is 8. The van der Waals surface area contributed by atoms with Crippen LogP contribution >= 0.6 is 0 Å². The van der Waals surface area contributed by atoms with Crippen molar-refractivity contribution in [3.63, 3.8) is 0 Å². The van der Waals surface area contributed by atoms with Crippen molar-refractivity contribution in [1.29, 1.82) is 0 Å². The summed E-state index contributed by atoms with van der Waals surface area (Å²) in [5.41, 5.74) is 1.40. The minimum absolute atomic E-state index is 0.362. The first kappa shape index (κ1) is 13.2. The fourth-order valence-corrected chi connectivity index (χ4v) is 1.72. The quantitative estimate of drug-likeness (QED) is 0.681. The van der Waals surface area contributed by atoms with E-state index < -0.39 is 0 Å². The molecule has 0 spiro atoms. The van der Waals surface area contributed by atoms with Gasteiger partial charge in [0.15, 0.2) is 0 Å². The van der Waals surface area contributed by atoms with Crippen LogP contribution < -0.4 is 5.32 Å². The molecule has 0 saturated heterocycles. The van der Waals surface area contributed by atoms with Crippen LogP contribution in [-0.2, 0) is 11.2 Å². The molecule has 0 fully saturated rings. The van der Waals surface area contributed by atoms with Gasteiger partial charge < -0.3 is 10.1 Å². The van der Waals surface area contributed by atoms with Gasteiger partial charge in [-0.3, -0.25) is 0 Å². The van der Waals surface area contributed by atoms with Gasteiger partial charge in [-0.05, 0) is 31.9 Å². The molecule has 90 valence electrons. The summed E-state index contributed by atoms with van der Waals surface area (Å²) in [6.45, 7) is 3.97. The first-order chi connectivity index (χ1) is 7.86. The standard InChI is InChI=1S/C14H23NO/c1-3-14(12-15-2)16-11-7-10-13-8-5-4-6-9-13/h4-6,8-9,14-15H,3,7,10-12H2,1-2H3. The van der Waals surface area contributed by atoms with Gasteiger partial charge >= 0.3 is 0 Å². The van der Waals surface area contributed by atoms with Crippen molar-refractivity contribution in [2.75, 3.05) is 20.2 Å². The second-order valence-electron chi connectivity index (χ2n) is 4.05. The molecule has 1 aromatic rings. The van der Waals surface area contributed by atoms with E-state index in [0.29, 0.717) is 6.10 Å². The Morgan fingerprint density at radius 3 is 2.62 bits per heavy atom. The van der Waals surface area contributed by atoms with Gasteiger partial charge in [0.2, 0.25) is 0 Å². The zero-order chi connectivity index (χ0) is 11.6. The van der Waals surface area contributed by atoms with Crippen LogP contribution in [-0.4, -0.2) is 26.3 Å². The fraction of sp³-hybridized carbons (Fsp3) is 0.571. The second kappa shape index (κ2) is 8.31. The maximum atomic E-state index is 5.79. The molecule has 0 aliphatic heterocycles. The summed E-state index contributed by atoms with van der Waals surface area (Å²) in [6.07, 6.45) is 3.65. The number of hydrogen-bond donors (Lipinski definition) is 1. The van der Waals surface area contributed by atoms with Crippen LogP contribution in [0.1, 0.15) is 25.3 Å². The number of aryl methyl sites for hydroxylation is 1. The minimum atomic E-state index is 0.362. The molecule has 0 aliphatic carbocycles. The summed E-state index contributed by atoms with van der Waals surface area (Å²) < 4.78 is 5.79. The van der Waals surface area contributed by atoms with Crippen LogP contribution in [0.2, 0.25) is 0 Å². The molecular formula is C14H23NO. The Labute approximate surface area is 99.0 Å². The maximum absolute atomic E-state index is 5.79. The molecule has 16 heavy (non-hydrogen) atoms. The Kier molecular flexibility index (Phi) is 6.86. The molecule has 1 atom stereocenters. The van der Waals surface area contributed by atoms with Gasteiger partial charge in [-0.2, -0.15) is 0 Å². The second-order valence-corrected chi connectivity index (χ2v) is 4.05. The smallest absolute Gasteiger partial charge is 0.0696 e. The van der Waals surface area contributed by atoms with Crippen LogP contribution in [0, 0.1) is 0 Å². The largest absolute Gasteiger partial charge is 0.377 e. The van der Waals surface area contributed by atoms with E-state index in [1.165, 1.54) is 5.56 Å². The lowest BCUT2D eigenvalue weighted by Crippen LogP contribution is -2.26. The van der Waals surface area contributed by atoms with Crippen LogP contribution in [0.15, 0.2) is 30.3 Å². The number of likely N-dealkylation sites (N-methyl/N-ethyl adjacent to an activating group) is 1. The SMILES string of the molecule is CCC(CNC)OCCCc1ccccc1. The first-order valence-electron chi connectivity index (χ1n) is 6.17.